The highest BCUT2D eigenvalue weighted by Gasteiger charge is 2.21. The van der Waals surface area contributed by atoms with E-state index in [4.69, 9.17) is 0 Å². The number of carbonyl (C=O) groups is 2. The first-order valence-electron chi connectivity index (χ1n) is 9.71. The van der Waals surface area contributed by atoms with E-state index in [0.29, 0.717) is 0 Å². The molecule has 25 heavy (non-hydrogen) atoms. The molecule has 0 aromatic heterocycles. The van der Waals surface area contributed by atoms with Crippen molar-refractivity contribution < 1.29 is 9.59 Å². The summed E-state index contributed by atoms with van der Waals surface area (Å²) in [6.07, 6.45) is 2.01. The second-order valence-electron chi connectivity index (χ2n) is 8.34. The highest BCUT2D eigenvalue weighted by molar-refractivity contribution is 6.87. The van der Waals surface area contributed by atoms with Gasteiger partial charge in [-0.2, -0.15) is 0 Å². The van der Waals surface area contributed by atoms with E-state index in [9.17, 15) is 9.59 Å². The summed E-state index contributed by atoms with van der Waals surface area (Å²) in [7, 11) is 0. The second kappa shape index (κ2) is 10.8. The maximum absolute atomic E-state index is 11.8. The van der Waals surface area contributed by atoms with E-state index in [1.807, 2.05) is 34.4 Å². The predicted octanol–water partition coefficient (Wildman–Crippen LogP) is 1.59. The van der Waals surface area contributed by atoms with Crippen LogP contribution in [0.2, 0.25) is 13.6 Å². The summed E-state index contributed by atoms with van der Waals surface area (Å²) in [4.78, 5) is 28.3. The van der Waals surface area contributed by atoms with Gasteiger partial charge in [0, 0.05) is 44.7 Å². The normalized spacial score (nSPS) is 16.5. The Hall–Kier alpha value is -1.08. The molecule has 1 saturated heterocycles. The zero-order valence-electron chi connectivity index (χ0n) is 16.9. The fourth-order valence-corrected chi connectivity index (χ4v) is 2.72. The van der Waals surface area contributed by atoms with Crippen molar-refractivity contribution in [3.8, 4) is 0 Å². The van der Waals surface area contributed by atoms with Crippen LogP contribution < -0.4 is 10.6 Å². The van der Waals surface area contributed by atoms with Gasteiger partial charge in [0.1, 0.15) is 0 Å². The van der Waals surface area contributed by atoms with Crippen LogP contribution >= 0.6 is 0 Å². The van der Waals surface area contributed by atoms with Gasteiger partial charge in [0.15, 0.2) is 5.81 Å². The number of nitrogens with zero attached hydrogens (tertiary/aromatic N) is 2. The van der Waals surface area contributed by atoms with Gasteiger partial charge in [-0.25, -0.2) is 0 Å². The minimum atomic E-state index is -0.305. The molecule has 0 spiro atoms. The molecular weight excluding hydrogens is 315 g/mol. The van der Waals surface area contributed by atoms with E-state index >= 15 is 0 Å². The lowest BCUT2D eigenvalue weighted by Gasteiger charge is -2.34. The summed E-state index contributed by atoms with van der Waals surface area (Å²) in [5.74, 6) is 0.269. The molecule has 144 valence electrons. The molecule has 0 radical (unpaired) electrons. The zero-order chi connectivity index (χ0) is 18.9. The molecule has 0 atom stereocenters. The van der Waals surface area contributed by atoms with Gasteiger partial charge in [-0.05, 0) is 25.9 Å². The van der Waals surface area contributed by atoms with Gasteiger partial charge in [0.05, 0.1) is 0 Å². The summed E-state index contributed by atoms with van der Waals surface area (Å²) in [5, 5.41) is 5.99. The molecule has 0 unspecified atom stereocenters. The van der Waals surface area contributed by atoms with Gasteiger partial charge < -0.3 is 20.4 Å². The maximum Gasteiger partial charge on any atom is 0.245 e. The molecule has 0 aromatic carbocycles. The van der Waals surface area contributed by atoms with Crippen LogP contribution in [0.25, 0.3) is 0 Å². The average molecular weight is 352 g/mol. The van der Waals surface area contributed by atoms with Crippen LogP contribution in [0.3, 0.4) is 0 Å². The summed E-state index contributed by atoms with van der Waals surface area (Å²) < 4.78 is 0. The quantitative estimate of drug-likeness (QED) is 0.489. The van der Waals surface area contributed by atoms with Crippen molar-refractivity contribution >= 4 is 18.4 Å². The number of carbonyl (C=O) groups excluding carboxylic acids is 2. The van der Waals surface area contributed by atoms with Crippen molar-refractivity contribution in [2.45, 2.75) is 47.3 Å². The Kier molecular flexibility index (Phi) is 9.50. The number of hydrogen-bond acceptors (Lipinski definition) is 4. The molecule has 6 nitrogen and oxygen atoms in total. The Labute approximate surface area is 154 Å². The van der Waals surface area contributed by atoms with E-state index in [-0.39, 0.29) is 23.8 Å². The Morgan fingerprint density at radius 2 is 1.32 bits per heavy atom. The van der Waals surface area contributed by atoms with Gasteiger partial charge >= 0.3 is 0 Å². The monoisotopic (exact) mass is 352 g/mol. The number of rotatable bonds is 9. The van der Waals surface area contributed by atoms with E-state index in [1.165, 1.54) is 0 Å². The third-order valence-corrected chi connectivity index (χ3v) is 4.56. The molecule has 0 bridgehead atoms. The summed E-state index contributed by atoms with van der Waals surface area (Å²) in [6.45, 7) is 17.7. The van der Waals surface area contributed by atoms with E-state index < -0.39 is 0 Å². The van der Waals surface area contributed by atoms with E-state index in [1.54, 1.807) is 0 Å². The van der Waals surface area contributed by atoms with Gasteiger partial charge in [0.25, 0.3) is 0 Å². The maximum atomic E-state index is 11.8. The minimum Gasteiger partial charge on any atom is -0.365 e. The lowest BCUT2D eigenvalue weighted by molar-refractivity contribution is -0.128. The van der Waals surface area contributed by atoms with Gasteiger partial charge in [-0.1, -0.05) is 34.4 Å². The Bertz CT molecular complexity index is 416. The highest BCUT2D eigenvalue weighted by atomic mass is 16.2. The lowest BCUT2D eigenvalue weighted by Crippen LogP contribution is -2.47. The second-order valence-corrected chi connectivity index (χ2v) is 8.34. The van der Waals surface area contributed by atoms with E-state index in [0.717, 1.165) is 65.2 Å². The number of piperazine rings is 1. The standard InChI is InChI=1S/C18H37BN4O2/c1-18(2,3)16(24)20-8-6-10-22-12-14-23(15-13-22)11-7-9-21-17(25)19(4)5/h6-15H2,1-5H3,(H,20,24)(H,21,25). The molecule has 2 amide bonds. The van der Waals surface area contributed by atoms with Crippen molar-refractivity contribution in [3.63, 3.8) is 0 Å². The van der Waals surface area contributed by atoms with Crippen molar-refractivity contribution in [2.75, 3.05) is 52.4 Å². The number of nitrogens with one attached hydrogen (secondary N) is 2. The van der Waals surface area contributed by atoms with Gasteiger partial charge in [0.2, 0.25) is 12.6 Å². The molecule has 0 aliphatic carbocycles. The van der Waals surface area contributed by atoms with Crippen molar-refractivity contribution in [2.24, 2.45) is 5.41 Å². The Morgan fingerprint density at radius 1 is 0.880 bits per heavy atom. The predicted molar refractivity (Wildman–Crippen MR) is 105 cm³/mol. The molecule has 7 heteroatoms. The van der Waals surface area contributed by atoms with Crippen LogP contribution in [0, 0.1) is 5.41 Å². The molecule has 0 saturated carbocycles. The molecule has 1 heterocycles. The van der Waals surface area contributed by atoms with Crippen LogP contribution in [0.4, 0.5) is 4.79 Å². The van der Waals surface area contributed by atoms with Crippen molar-refractivity contribution in [3.05, 3.63) is 0 Å². The van der Waals surface area contributed by atoms with Gasteiger partial charge in [-0.3, -0.25) is 9.59 Å². The van der Waals surface area contributed by atoms with Crippen LogP contribution in [0.5, 0.6) is 0 Å². The van der Waals surface area contributed by atoms with Crippen LogP contribution in [0.1, 0.15) is 33.6 Å². The first-order valence-corrected chi connectivity index (χ1v) is 9.71. The fourth-order valence-electron chi connectivity index (χ4n) is 2.72. The fraction of sp³-hybridized carbons (Fsp3) is 0.889. The first-order chi connectivity index (χ1) is 11.7. The average Bonchev–Trinajstić information content (AvgIpc) is 2.55. The largest absolute Gasteiger partial charge is 0.365 e. The molecule has 1 aliphatic heterocycles. The molecule has 0 aromatic rings. The summed E-state index contributed by atoms with van der Waals surface area (Å²) >= 11 is 0. The molecule has 1 aliphatic rings. The van der Waals surface area contributed by atoms with Gasteiger partial charge in [-0.15, -0.1) is 0 Å². The minimum absolute atomic E-state index is 0.0664. The van der Waals surface area contributed by atoms with Crippen LogP contribution in [-0.4, -0.2) is 80.6 Å². The lowest BCUT2D eigenvalue weighted by atomic mass is 9.54. The zero-order valence-corrected chi connectivity index (χ0v) is 16.9. The third kappa shape index (κ3) is 9.26. The molecule has 1 fully saturated rings. The summed E-state index contributed by atoms with van der Waals surface area (Å²) in [5.41, 5.74) is -0.305. The summed E-state index contributed by atoms with van der Waals surface area (Å²) in [6, 6.07) is 0. The van der Waals surface area contributed by atoms with E-state index in [2.05, 4.69) is 20.4 Å². The smallest absolute Gasteiger partial charge is 0.245 e. The SMILES string of the molecule is CB(C)C(=O)NCCCN1CCN(CCCNC(=O)C(C)(C)C)CC1. The first kappa shape index (κ1) is 22.0. The Morgan fingerprint density at radius 3 is 1.72 bits per heavy atom. The molecule has 2 N–H and O–H groups in total. The number of hydrogen-bond donors (Lipinski definition) is 2. The molecular formula is C18H37BN4O2. The van der Waals surface area contributed by atoms with Crippen LogP contribution in [-0.2, 0) is 4.79 Å². The Balaban J connectivity index is 2.04. The highest BCUT2D eigenvalue weighted by Crippen LogP contribution is 2.12. The topological polar surface area (TPSA) is 64.7 Å². The van der Waals surface area contributed by atoms with Crippen molar-refractivity contribution in [1.82, 2.24) is 20.4 Å². The number of amides is 2. The molecule has 1 rings (SSSR count). The van der Waals surface area contributed by atoms with Crippen LogP contribution in [0.15, 0.2) is 0 Å². The van der Waals surface area contributed by atoms with Crippen molar-refractivity contribution in [1.29, 1.82) is 0 Å². The third-order valence-electron chi connectivity index (χ3n) is 4.56.